The van der Waals surface area contributed by atoms with E-state index in [9.17, 15) is 9.59 Å². The highest BCUT2D eigenvalue weighted by molar-refractivity contribution is 6.31. The van der Waals surface area contributed by atoms with Crippen molar-refractivity contribution in [3.05, 3.63) is 62.0 Å². The van der Waals surface area contributed by atoms with Crippen molar-refractivity contribution in [2.45, 2.75) is 19.4 Å². The summed E-state index contributed by atoms with van der Waals surface area (Å²) in [5, 5.41) is 4.52. The largest absolute Gasteiger partial charge is 0.418 e. The van der Waals surface area contributed by atoms with Gasteiger partial charge in [-0.15, -0.1) is 0 Å². The minimum absolute atomic E-state index is 0.227. The Labute approximate surface area is 151 Å². The second-order valence-corrected chi connectivity index (χ2v) is 6.85. The molecule has 0 radical (unpaired) electrons. The number of hydrogen-bond acceptors (Lipinski definition) is 6. The first-order valence-electron chi connectivity index (χ1n) is 7.79. The summed E-state index contributed by atoms with van der Waals surface area (Å²) in [5.74, 6) is -0.348. The molecule has 0 aliphatic rings. The molecule has 26 heavy (non-hydrogen) atoms. The number of nitrogens with one attached hydrogen (secondary N) is 3. The maximum absolute atomic E-state index is 12.5. The molecule has 0 aliphatic carbocycles. The van der Waals surface area contributed by atoms with Crippen molar-refractivity contribution in [3.8, 4) is 0 Å². The highest BCUT2D eigenvalue weighted by Gasteiger charge is 2.25. The fourth-order valence-electron chi connectivity index (χ4n) is 2.81. The van der Waals surface area contributed by atoms with Crippen LogP contribution >= 0.6 is 11.6 Å². The molecule has 0 bridgehead atoms. The molecule has 3 aromatic heterocycles. The van der Waals surface area contributed by atoms with Gasteiger partial charge in [0.1, 0.15) is 0 Å². The molecular formula is C17H14ClN5O3. The molecule has 4 aromatic rings. The Kier molecular flexibility index (Phi) is 3.58. The summed E-state index contributed by atoms with van der Waals surface area (Å²) in [4.78, 5) is 37.4. The van der Waals surface area contributed by atoms with E-state index in [2.05, 4.69) is 25.3 Å². The lowest BCUT2D eigenvalue weighted by Crippen LogP contribution is -2.35. The Bertz CT molecular complexity index is 1250. The van der Waals surface area contributed by atoms with E-state index < -0.39 is 11.3 Å². The van der Waals surface area contributed by atoms with Crippen LogP contribution in [0, 0.1) is 0 Å². The third kappa shape index (κ3) is 2.84. The Morgan fingerprint density at radius 2 is 2.00 bits per heavy atom. The number of anilines is 1. The van der Waals surface area contributed by atoms with Gasteiger partial charge in [0.25, 0.3) is 5.56 Å². The van der Waals surface area contributed by atoms with Gasteiger partial charge in [-0.2, -0.15) is 4.98 Å². The van der Waals surface area contributed by atoms with Crippen LogP contribution in [0.15, 0.2) is 44.5 Å². The molecule has 0 spiro atoms. The van der Waals surface area contributed by atoms with E-state index in [1.807, 2.05) is 13.8 Å². The summed E-state index contributed by atoms with van der Waals surface area (Å²) in [6.07, 6.45) is 1.39. The highest BCUT2D eigenvalue weighted by Crippen LogP contribution is 2.25. The molecule has 0 saturated heterocycles. The van der Waals surface area contributed by atoms with Crippen molar-refractivity contribution in [2.24, 2.45) is 0 Å². The first-order chi connectivity index (χ1) is 12.3. The van der Waals surface area contributed by atoms with Crippen LogP contribution < -0.4 is 16.6 Å². The fraction of sp³-hybridized carbons (Fsp3) is 0.176. The lowest BCUT2D eigenvalue weighted by Gasteiger charge is -2.26. The van der Waals surface area contributed by atoms with Crippen LogP contribution in [0.3, 0.4) is 0 Å². The number of hydrogen-bond donors (Lipinski definition) is 3. The van der Waals surface area contributed by atoms with E-state index in [0.29, 0.717) is 16.1 Å². The molecule has 0 amide bonds. The number of benzene rings is 1. The van der Waals surface area contributed by atoms with E-state index >= 15 is 0 Å². The molecular weight excluding hydrogens is 358 g/mol. The summed E-state index contributed by atoms with van der Waals surface area (Å²) >= 11 is 6.05. The monoisotopic (exact) mass is 371 g/mol. The van der Waals surface area contributed by atoms with E-state index in [-0.39, 0.29) is 22.7 Å². The molecule has 1 aromatic carbocycles. The summed E-state index contributed by atoms with van der Waals surface area (Å²) in [6, 6.07) is 7.05. The maximum Gasteiger partial charge on any atom is 0.418 e. The molecule has 0 saturated carbocycles. The molecule has 132 valence electrons. The number of pyridine rings is 1. The van der Waals surface area contributed by atoms with Crippen LogP contribution in [0.1, 0.15) is 19.4 Å². The predicted molar refractivity (Wildman–Crippen MR) is 98.7 cm³/mol. The van der Waals surface area contributed by atoms with Gasteiger partial charge in [0.2, 0.25) is 5.95 Å². The lowest BCUT2D eigenvalue weighted by molar-refractivity contribution is 0.554. The number of rotatable bonds is 3. The molecule has 0 fully saturated rings. The maximum atomic E-state index is 12.5. The van der Waals surface area contributed by atoms with Crippen LogP contribution in [-0.4, -0.2) is 19.9 Å². The normalized spacial score (nSPS) is 12.0. The fourth-order valence-corrected chi connectivity index (χ4v) is 2.99. The number of H-pyrrole nitrogens is 2. The van der Waals surface area contributed by atoms with E-state index in [0.717, 1.165) is 5.39 Å². The van der Waals surface area contributed by atoms with Crippen molar-refractivity contribution >= 4 is 39.7 Å². The standard InChI is InChI=1S/C17H14ClN5O3/c1-17(2,23-15-19-7-12-13(21-15)22-16(25)26-12)10-6-8-5-9(18)3-4-11(8)20-14(10)24/h3-7H,1-2H3,(H,20,24)(H2,19,21,22,23,25). The van der Waals surface area contributed by atoms with Gasteiger partial charge in [0.05, 0.1) is 11.7 Å². The van der Waals surface area contributed by atoms with Crippen LogP contribution in [0.25, 0.3) is 22.1 Å². The SMILES string of the molecule is CC(C)(Nc1ncc2oc(=O)[nH]c2n1)c1cc2cc(Cl)ccc2[nH]c1=O. The van der Waals surface area contributed by atoms with Crippen molar-refractivity contribution in [3.63, 3.8) is 0 Å². The molecule has 3 heterocycles. The third-order valence-corrected chi connectivity index (χ3v) is 4.32. The topological polar surface area (TPSA) is 117 Å². The van der Waals surface area contributed by atoms with Gasteiger partial charge in [0, 0.05) is 21.5 Å². The molecule has 0 atom stereocenters. The average molecular weight is 372 g/mol. The smallest absolute Gasteiger partial charge is 0.404 e. The zero-order valence-corrected chi connectivity index (χ0v) is 14.6. The second kappa shape index (κ2) is 5.70. The van der Waals surface area contributed by atoms with Gasteiger partial charge < -0.3 is 14.7 Å². The number of halogens is 1. The minimum Gasteiger partial charge on any atom is -0.404 e. The predicted octanol–water partition coefficient (Wildman–Crippen LogP) is 2.75. The van der Waals surface area contributed by atoms with E-state index in [4.69, 9.17) is 16.0 Å². The molecule has 0 aliphatic heterocycles. The number of nitrogens with zero attached hydrogens (tertiary/aromatic N) is 2. The first-order valence-corrected chi connectivity index (χ1v) is 8.17. The van der Waals surface area contributed by atoms with Crippen molar-refractivity contribution in [1.82, 2.24) is 19.9 Å². The summed E-state index contributed by atoms with van der Waals surface area (Å²) in [5.41, 5.74) is 0.723. The molecule has 3 N–H and O–H groups in total. The van der Waals surface area contributed by atoms with Gasteiger partial charge in [-0.05, 0) is 38.1 Å². The Hall–Kier alpha value is -3.13. The summed E-state index contributed by atoms with van der Waals surface area (Å²) in [7, 11) is 0. The van der Waals surface area contributed by atoms with Crippen LogP contribution in [0.4, 0.5) is 5.95 Å². The third-order valence-electron chi connectivity index (χ3n) is 4.08. The van der Waals surface area contributed by atoms with Crippen LogP contribution in [-0.2, 0) is 5.54 Å². The van der Waals surface area contributed by atoms with Gasteiger partial charge in [0.15, 0.2) is 11.2 Å². The quantitative estimate of drug-likeness (QED) is 0.509. The van der Waals surface area contributed by atoms with Gasteiger partial charge in [-0.1, -0.05) is 11.6 Å². The number of fused-ring (bicyclic) bond motifs is 2. The molecule has 9 heteroatoms. The van der Waals surface area contributed by atoms with Crippen molar-refractivity contribution in [1.29, 1.82) is 0 Å². The summed E-state index contributed by atoms with van der Waals surface area (Å²) < 4.78 is 4.88. The minimum atomic E-state index is -0.790. The Morgan fingerprint density at radius 1 is 1.19 bits per heavy atom. The van der Waals surface area contributed by atoms with Crippen LogP contribution in [0.5, 0.6) is 0 Å². The van der Waals surface area contributed by atoms with Gasteiger partial charge in [-0.3, -0.25) is 9.78 Å². The van der Waals surface area contributed by atoms with Crippen molar-refractivity contribution in [2.75, 3.05) is 5.32 Å². The zero-order chi connectivity index (χ0) is 18.5. The number of aromatic nitrogens is 4. The van der Waals surface area contributed by atoms with Gasteiger partial charge in [-0.25, -0.2) is 9.78 Å². The number of oxazole rings is 1. The van der Waals surface area contributed by atoms with Gasteiger partial charge >= 0.3 is 5.76 Å². The highest BCUT2D eigenvalue weighted by atomic mass is 35.5. The Morgan fingerprint density at radius 3 is 2.81 bits per heavy atom. The van der Waals surface area contributed by atoms with E-state index in [1.54, 1.807) is 24.3 Å². The first kappa shape index (κ1) is 16.3. The molecule has 8 nitrogen and oxygen atoms in total. The summed E-state index contributed by atoms with van der Waals surface area (Å²) in [6.45, 7) is 3.67. The van der Waals surface area contributed by atoms with Crippen molar-refractivity contribution < 1.29 is 4.42 Å². The van der Waals surface area contributed by atoms with E-state index in [1.165, 1.54) is 6.20 Å². The van der Waals surface area contributed by atoms with Crippen LogP contribution in [0.2, 0.25) is 5.02 Å². The zero-order valence-electron chi connectivity index (χ0n) is 13.9. The Balaban J connectivity index is 1.77. The average Bonchev–Trinajstić information content (AvgIpc) is 2.93. The lowest BCUT2D eigenvalue weighted by atomic mass is 9.94. The molecule has 0 unspecified atom stereocenters. The number of aromatic amines is 2. The molecule has 4 rings (SSSR count). The second-order valence-electron chi connectivity index (χ2n) is 6.41.